The maximum Gasteiger partial charge on any atom is 0.334 e. The minimum absolute atomic E-state index is 0.0340. The summed E-state index contributed by atoms with van der Waals surface area (Å²) in [7, 11) is 0. The van der Waals surface area contributed by atoms with Crippen molar-refractivity contribution in [3.05, 3.63) is 88.9 Å². The van der Waals surface area contributed by atoms with Crippen LogP contribution in [-0.4, -0.2) is 39.3 Å². The van der Waals surface area contributed by atoms with E-state index in [1.54, 1.807) is 4.57 Å². The van der Waals surface area contributed by atoms with Gasteiger partial charge in [0.2, 0.25) is 5.82 Å². The van der Waals surface area contributed by atoms with E-state index in [1.807, 2.05) is 71.7 Å². The van der Waals surface area contributed by atoms with E-state index >= 15 is 0 Å². The molecule has 1 aromatic carbocycles. The smallest absolute Gasteiger partial charge is 0.331 e. The quantitative estimate of drug-likeness (QED) is 0.330. The molecule has 0 spiro atoms. The largest absolute Gasteiger partial charge is 0.334 e. The molecular weight excluding hydrogens is 452 g/mol. The van der Waals surface area contributed by atoms with Crippen LogP contribution in [0.1, 0.15) is 50.9 Å². The Balaban J connectivity index is 1.47. The van der Waals surface area contributed by atoms with Crippen LogP contribution in [0.4, 0.5) is 0 Å². The Morgan fingerprint density at radius 3 is 2.56 bits per heavy atom. The number of imidazole rings is 1. The Labute approximate surface area is 209 Å². The summed E-state index contributed by atoms with van der Waals surface area (Å²) in [5, 5.41) is 14.4. The van der Waals surface area contributed by atoms with Crippen LogP contribution in [0.3, 0.4) is 0 Å². The van der Waals surface area contributed by atoms with Crippen LogP contribution in [0.25, 0.3) is 28.5 Å². The third-order valence-corrected chi connectivity index (χ3v) is 6.59. The van der Waals surface area contributed by atoms with Gasteiger partial charge < -0.3 is 4.57 Å². The van der Waals surface area contributed by atoms with Gasteiger partial charge in [0.25, 0.3) is 0 Å². The molecule has 9 heteroatoms. The van der Waals surface area contributed by atoms with E-state index in [1.165, 1.54) is 0 Å². The second-order valence-electron chi connectivity index (χ2n) is 8.97. The van der Waals surface area contributed by atoms with Gasteiger partial charge in [-0.2, -0.15) is 5.21 Å². The van der Waals surface area contributed by atoms with Crippen molar-refractivity contribution in [1.82, 2.24) is 39.3 Å². The third kappa shape index (κ3) is 4.39. The van der Waals surface area contributed by atoms with Crippen LogP contribution < -0.4 is 5.69 Å². The molecule has 184 valence electrons. The van der Waals surface area contributed by atoms with Gasteiger partial charge in [0, 0.05) is 41.5 Å². The molecule has 0 bridgehead atoms. The molecular formula is C27H30N8O. The van der Waals surface area contributed by atoms with Crippen molar-refractivity contribution in [1.29, 1.82) is 0 Å². The molecule has 9 nitrogen and oxygen atoms in total. The molecule has 0 aliphatic carbocycles. The molecule has 1 unspecified atom stereocenters. The molecule has 1 N–H and O–H groups in total. The lowest BCUT2D eigenvalue weighted by atomic mass is 10.0. The standard InChI is InChI=1S/C27H30N8O/c1-4-9-21-18-35(25-12-8-15-33(25)19(3)5-2)27(36)34(21)17-20-13-14-24(28-16-20)22-10-6-7-11-23(22)26-29-31-32-30-26/h6-8,10-16,18-19H,4-5,9,17H2,1-3H3,(H,29,30,31,32). The first kappa shape index (κ1) is 23.5. The summed E-state index contributed by atoms with van der Waals surface area (Å²) in [6.07, 6.45) is 8.65. The number of nitrogens with zero attached hydrogens (tertiary/aromatic N) is 7. The highest BCUT2D eigenvalue weighted by Crippen LogP contribution is 2.28. The van der Waals surface area contributed by atoms with E-state index in [4.69, 9.17) is 4.98 Å². The highest BCUT2D eigenvalue weighted by atomic mass is 16.1. The molecule has 0 saturated carbocycles. The lowest BCUT2D eigenvalue weighted by Crippen LogP contribution is -2.26. The highest BCUT2D eigenvalue weighted by Gasteiger charge is 2.17. The summed E-state index contributed by atoms with van der Waals surface area (Å²) < 4.78 is 5.81. The van der Waals surface area contributed by atoms with E-state index in [2.05, 4.69) is 46.0 Å². The lowest BCUT2D eigenvalue weighted by molar-refractivity contribution is 0.521. The maximum atomic E-state index is 13.6. The van der Waals surface area contributed by atoms with Gasteiger partial charge in [0.05, 0.1) is 12.2 Å². The molecule has 5 aromatic rings. The number of aryl methyl sites for hydroxylation is 1. The van der Waals surface area contributed by atoms with Gasteiger partial charge in [-0.05, 0) is 48.7 Å². The summed E-state index contributed by atoms with van der Waals surface area (Å²) in [5.41, 5.74) is 4.54. The Hall–Kier alpha value is -4.27. The molecule has 0 saturated heterocycles. The topological polar surface area (TPSA) is 99.2 Å². The normalized spacial score (nSPS) is 12.2. The Morgan fingerprint density at radius 1 is 1.03 bits per heavy atom. The predicted octanol–water partition coefficient (Wildman–Crippen LogP) is 4.65. The highest BCUT2D eigenvalue weighted by molar-refractivity contribution is 5.78. The van der Waals surface area contributed by atoms with Crippen molar-refractivity contribution < 1.29 is 0 Å². The minimum Gasteiger partial charge on any atom is -0.331 e. The minimum atomic E-state index is -0.0340. The average molecular weight is 483 g/mol. The number of hydrogen-bond acceptors (Lipinski definition) is 5. The van der Waals surface area contributed by atoms with Gasteiger partial charge in [0.15, 0.2) is 0 Å². The summed E-state index contributed by atoms with van der Waals surface area (Å²) >= 11 is 0. The lowest BCUT2D eigenvalue weighted by Gasteiger charge is -2.15. The van der Waals surface area contributed by atoms with Crippen LogP contribution >= 0.6 is 0 Å². The summed E-state index contributed by atoms with van der Waals surface area (Å²) in [6, 6.07) is 16.2. The van der Waals surface area contributed by atoms with Gasteiger partial charge in [-0.25, -0.2) is 4.79 Å². The first-order valence-electron chi connectivity index (χ1n) is 12.4. The van der Waals surface area contributed by atoms with Crippen LogP contribution in [0.15, 0.2) is 71.9 Å². The van der Waals surface area contributed by atoms with Crippen molar-refractivity contribution in [2.75, 3.05) is 0 Å². The van der Waals surface area contributed by atoms with Gasteiger partial charge in [0.1, 0.15) is 5.82 Å². The monoisotopic (exact) mass is 482 g/mol. The van der Waals surface area contributed by atoms with Crippen LogP contribution in [0.5, 0.6) is 0 Å². The van der Waals surface area contributed by atoms with Crippen molar-refractivity contribution in [2.45, 2.75) is 52.6 Å². The molecule has 5 rings (SSSR count). The van der Waals surface area contributed by atoms with Crippen molar-refractivity contribution >= 4 is 0 Å². The number of hydrogen-bond donors (Lipinski definition) is 1. The number of aromatic amines is 1. The number of tetrazole rings is 1. The Morgan fingerprint density at radius 2 is 1.86 bits per heavy atom. The van der Waals surface area contributed by atoms with Gasteiger partial charge in [-0.15, -0.1) is 10.2 Å². The number of benzene rings is 1. The number of nitrogens with one attached hydrogen (secondary N) is 1. The summed E-state index contributed by atoms with van der Waals surface area (Å²) in [4.78, 5) is 18.3. The van der Waals surface area contributed by atoms with Crippen LogP contribution in [0, 0.1) is 0 Å². The molecule has 4 heterocycles. The van der Waals surface area contributed by atoms with Crippen LogP contribution in [-0.2, 0) is 13.0 Å². The average Bonchev–Trinajstić information content (AvgIpc) is 3.67. The molecule has 0 amide bonds. The zero-order valence-electron chi connectivity index (χ0n) is 20.8. The fraction of sp³-hybridized carbons (Fsp3) is 0.296. The van der Waals surface area contributed by atoms with E-state index in [0.29, 0.717) is 18.4 Å². The molecule has 0 aliphatic heterocycles. The maximum absolute atomic E-state index is 13.6. The van der Waals surface area contributed by atoms with Crippen LogP contribution in [0.2, 0.25) is 0 Å². The Kier molecular flexibility index (Phi) is 6.62. The number of H-pyrrole nitrogens is 1. The number of pyridine rings is 1. The fourth-order valence-corrected chi connectivity index (χ4v) is 4.51. The Bertz CT molecular complexity index is 1490. The van der Waals surface area contributed by atoms with Gasteiger partial charge >= 0.3 is 5.69 Å². The first-order valence-corrected chi connectivity index (χ1v) is 12.4. The van der Waals surface area contributed by atoms with E-state index < -0.39 is 0 Å². The SMILES string of the molecule is CCCc1cn(-c2cccn2C(C)CC)c(=O)n1Cc1ccc(-c2ccccc2-c2nn[nH]n2)nc1. The van der Waals surface area contributed by atoms with E-state index in [-0.39, 0.29) is 5.69 Å². The molecule has 36 heavy (non-hydrogen) atoms. The summed E-state index contributed by atoms with van der Waals surface area (Å²) in [5.74, 6) is 1.42. The zero-order chi connectivity index (χ0) is 25.1. The molecule has 0 aliphatic rings. The predicted molar refractivity (Wildman–Crippen MR) is 139 cm³/mol. The zero-order valence-corrected chi connectivity index (χ0v) is 20.8. The fourth-order valence-electron chi connectivity index (χ4n) is 4.51. The molecule has 1 atom stereocenters. The first-order chi connectivity index (χ1) is 17.6. The molecule has 0 radical (unpaired) electrons. The van der Waals surface area contributed by atoms with Gasteiger partial charge in [-0.3, -0.25) is 14.1 Å². The number of rotatable bonds is 9. The van der Waals surface area contributed by atoms with E-state index in [9.17, 15) is 4.79 Å². The summed E-state index contributed by atoms with van der Waals surface area (Å²) in [6.45, 7) is 6.92. The van der Waals surface area contributed by atoms with Crippen molar-refractivity contribution in [3.63, 3.8) is 0 Å². The number of aromatic nitrogens is 8. The van der Waals surface area contributed by atoms with Crippen molar-refractivity contribution in [2.24, 2.45) is 0 Å². The second-order valence-corrected chi connectivity index (χ2v) is 8.97. The molecule has 0 fully saturated rings. The van der Waals surface area contributed by atoms with Crippen molar-refractivity contribution in [3.8, 4) is 28.5 Å². The third-order valence-electron chi connectivity index (χ3n) is 6.59. The van der Waals surface area contributed by atoms with Gasteiger partial charge in [-0.1, -0.05) is 50.6 Å². The van der Waals surface area contributed by atoms with E-state index in [0.717, 1.165) is 53.2 Å². The molecule has 4 aromatic heterocycles. The second kappa shape index (κ2) is 10.2.